The van der Waals surface area contributed by atoms with Crippen molar-refractivity contribution in [1.29, 1.82) is 0 Å². The zero-order valence-corrected chi connectivity index (χ0v) is 13.3. The molecule has 1 aliphatic rings. The number of carbonyl (C=O) groups excluding carboxylic acids is 1. The minimum Gasteiger partial charge on any atom is -0.478 e. The number of rotatable bonds is 4. The van der Waals surface area contributed by atoms with Crippen molar-refractivity contribution >= 4 is 33.5 Å². The fourth-order valence-corrected chi connectivity index (χ4v) is 3.23. The van der Waals surface area contributed by atoms with Crippen molar-refractivity contribution in [3.63, 3.8) is 0 Å². The van der Waals surface area contributed by atoms with E-state index in [1.54, 1.807) is 12.1 Å². The maximum atomic E-state index is 12.2. The van der Waals surface area contributed by atoms with E-state index in [1.807, 2.05) is 0 Å². The van der Waals surface area contributed by atoms with E-state index in [4.69, 9.17) is 5.73 Å². The van der Waals surface area contributed by atoms with E-state index in [2.05, 4.69) is 21.2 Å². The molecule has 0 aliphatic heterocycles. The molecule has 0 atom stereocenters. The molecule has 114 valence electrons. The van der Waals surface area contributed by atoms with E-state index in [0.717, 1.165) is 32.1 Å². The molecule has 0 spiro atoms. The van der Waals surface area contributed by atoms with E-state index in [0.29, 0.717) is 4.47 Å². The predicted molar refractivity (Wildman–Crippen MR) is 84.4 cm³/mol. The van der Waals surface area contributed by atoms with E-state index in [1.165, 1.54) is 6.07 Å². The number of hydrogen-bond acceptors (Lipinski definition) is 3. The molecule has 1 saturated carbocycles. The second-order valence-corrected chi connectivity index (χ2v) is 6.47. The van der Waals surface area contributed by atoms with Crippen molar-refractivity contribution in [1.82, 2.24) is 0 Å². The summed E-state index contributed by atoms with van der Waals surface area (Å²) in [5, 5.41) is 11.9. The van der Waals surface area contributed by atoms with Crippen LogP contribution >= 0.6 is 15.9 Å². The van der Waals surface area contributed by atoms with Gasteiger partial charge in [0.25, 0.3) is 0 Å². The van der Waals surface area contributed by atoms with Crippen LogP contribution in [0, 0.1) is 0 Å². The Labute approximate surface area is 132 Å². The average Bonchev–Trinajstić information content (AvgIpc) is 2.41. The Hall–Kier alpha value is -1.40. The third kappa shape index (κ3) is 4.04. The molecule has 1 amide bonds. The number of nitrogens with one attached hydrogen (secondary N) is 1. The highest BCUT2D eigenvalue weighted by atomic mass is 79.9. The van der Waals surface area contributed by atoms with Crippen molar-refractivity contribution in [2.24, 2.45) is 5.73 Å². The molecule has 1 aromatic carbocycles. The Bertz CT molecular complexity index is 554. The normalized spacial score (nSPS) is 17.2. The standard InChI is InChI=1S/C15H19BrN2O3/c16-11-6-4-5-10(14(20)21)13(11)18-12(19)9-15(17)7-2-1-3-8-15/h4-6H,1-3,7-9,17H2,(H,18,19)(H,20,21). The molecular weight excluding hydrogens is 336 g/mol. The highest BCUT2D eigenvalue weighted by molar-refractivity contribution is 9.10. The Balaban J connectivity index is 2.11. The molecule has 6 heteroatoms. The van der Waals surface area contributed by atoms with Gasteiger partial charge in [-0.1, -0.05) is 25.3 Å². The smallest absolute Gasteiger partial charge is 0.337 e. The lowest BCUT2D eigenvalue weighted by Gasteiger charge is -2.32. The number of nitrogens with two attached hydrogens (primary N) is 1. The van der Waals surface area contributed by atoms with Gasteiger partial charge in [-0.15, -0.1) is 0 Å². The SMILES string of the molecule is NC1(CC(=O)Nc2c(Br)cccc2C(=O)O)CCCCC1. The summed E-state index contributed by atoms with van der Waals surface area (Å²) in [6.07, 6.45) is 5.13. The van der Waals surface area contributed by atoms with Gasteiger partial charge in [-0.2, -0.15) is 0 Å². The van der Waals surface area contributed by atoms with Gasteiger partial charge < -0.3 is 16.2 Å². The molecule has 5 nitrogen and oxygen atoms in total. The Morgan fingerprint density at radius 1 is 1.29 bits per heavy atom. The monoisotopic (exact) mass is 354 g/mol. The number of carboxylic acid groups (broad SMARTS) is 1. The van der Waals surface area contributed by atoms with Crippen LogP contribution in [0.2, 0.25) is 0 Å². The molecule has 0 aromatic heterocycles. The van der Waals surface area contributed by atoms with Gasteiger partial charge in [0.05, 0.1) is 11.3 Å². The zero-order chi connectivity index (χ0) is 15.5. The molecule has 1 fully saturated rings. The second-order valence-electron chi connectivity index (χ2n) is 5.62. The fourth-order valence-electron chi connectivity index (χ4n) is 2.77. The molecular formula is C15H19BrN2O3. The summed E-state index contributed by atoms with van der Waals surface area (Å²) in [4.78, 5) is 23.4. The van der Waals surface area contributed by atoms with E-state index in [-0.39, 0.29) is 23.6 Å². The van der Waals surface area contributed by atoms with Crippen LogP contribution in [-0.4, -0.2) is 22.5 Å². The maximum Gasteiger partial charge on any atom is 0.337 e. The van der Waals surface area contributed by atoms with Crippen LogP contribution in [-0.2, 0) is 4.79 Å². The first-order valence-electron chi connectivity index (χ1n) is 7.02. The maximum absolute atomic E-state index is 12.2. The van der Waals surface area contributed by atoms with Gasteiger partial charge in [-0.05, 0) is 40.9 Å². The molecule has 0 saturated heterocycles. The minimum absolute atomic E-state index is 0.0624. The summed E-state index contributed by atoms with van der Waals surface area (Å²) in [5.74, 6) is -1.32. The molecule has 0 heterocycles. The molecule has 4 N–H and O–H groups in total. The van der Waals surface area contributed by atoms with Crippen molar-refractivity contribution in [3.05, 3.63) is 28.2 Å². The van der Waals surface area contributed by atoms with Crippen LogP contribution in [0.25, 0.3) is 0 Å². The highest BCUT2D eigenvalue weighted by Gasteiger charge is 2.30. The molecule has 2 rings (SSSR count). The number of aromatic carboxylic acids is 1. The summed E-state index contributed by atoms with van der Waals surface area (Å²) in [5.41, 5.74) is 6.14. The topological polar surface area (TPSA) is 92.4 Å². The number of anilines is 1. The molecule has 0 radical (unpaired) electrons. The van der Waals surface area contributed by atoms with Crippen LogP contribution in [0.4, 0.5) is 5.69 Å². The zero-order valence-electron chi connectivity index (χ0n) is 11.7. The van der Waals surface area contributed by atoms with E-state index in [9.17, 15) is 14.7 Å². The summed E-state index contributed by atoms with van der Waals surface area (Å²) in [7, 11) is 0. The number of carboxylic acids is 1. The predicted octanol–water partition coefficient (Wildman–Crippen LogP) is 3.14. The fraction of sp³-hybridized carbons (Fsp3) is 0.467. The first-order valence-corrected chi connectivity index (χ1v) is 7.81. The molecule has 1 aliphatic carbocycles. The Morgan fingerprint density at radius 2 is 1.95 bits per heavy atom. The van der Waals surface area contributed by atoms with Crippen molar-refractivity contribution in [2.45, 2.75) is 44.1 Å². The van der Waals surface area contributed by atoms with Gasteiger partial charge in [0.2, 0.25) is 5.91 Å². The van der Waals surface area contributed by atoms with Gasteiger partial charge in [-0.25, -0.2) is 4.79 Å². The van der Waals surface area contributed by atoms with Gasteiger partial charge >= 0.3 is 5.97 Å². The second kappa shape index (κ2) is 6.58. The number of benzene rings is 1. The van der Waals surface area contributed by atoms with Gasteiger partial charge in [0.1, 0.15) is 0 Å². The molecule has 1 aromatic rings. The number of carbonyl (C=O) groups is 2. The van der Waals surface area contributed by atoms with Crippen molar-refractivity contribution in [3.8, 4) is 0 Å². The molecule has 21 heavy (non-hydrogen) atoms. The summed E-state index contributed by atoms with van der Waals surface area (Å²) in [6, 6.07) is 4.77. The third-order valence-electron chi connectivity index (χ3n) is 3.87. The van der Waals surface area contributed by atoms with Gasteiger partial charge in [-0.3, -0.25) is 4.79 Å². The van der Waals surface area contributed by atoms with E-state index < -0.39 is 11.5 Å². The van der Waals surface area contributed by atoms with Crippen LogP contribution in [0.5, 0.6) is 0 Å². The van der Waals surface area contributed by atoms with E-state index >= 15 is 0 Å². The van der Waals surface area contributed by atoms with Crippen molar-refractivity contribution < 1.29 is 14.7 Å². The van der Waals surface area contributed by atoms with Crippen LogP contribution in [0.1, 0.15) is 48.9 Å². The Kier molecular flexibility index (Phi) is 5.00. The summed E-state index contributed by atoms with van der Waals surface area (Å²) in [6.45, 7) is 0. The number of hydrogen-bond donors (Lipinski definition) is 3. The van der Waals surface area contributed by atoms with Crippen molar-refractivity contribution in [2.75, 3.05) is 5.32 Å². The largest absolute Gasteiger partial charge is 0.478 e. The quantitative estimate of drug-likeness (QED) is 0.774. The lowest BCUT2D eigenvalue weighted by molar-refractivity contribution is -0.117. The first-order chi connectivity index (χ1) is 9.91. The number of amides is 1. The molecule has 0 unspecified atom stereocenters. The van der Waals surface area contributed by atoms with Crippen LogP contribution in [0.15, 0.2) is 22.7 Å². The lowest BCUT2D eigenvalue weighted by atomic mass is 9.80. The van der Waals surface area contributed by atoms with Crippen LogP contribution in [0.3, 0.4) is 0 Å². The molecule has 0 bridgehead atoms. The summed E-state index contributed by atoms with van der Waals surface area (Å²) < 4.78 is 0.547. The highest BCUT2D eigenvalue weighted by Crippen LogP contribution is 2.31. The van der Waals surface area contributed by atoms with Crippen LogP contribution < -0.4 is 11.1 Å². The summed E-state index contributed by atoms with van der Waals surface area (Å²) >= 11 is 3.27. The van der Waals surface area contributed by atoms with Gasteiger partial charge in [0, 0.05) is 16.4 Å². The average molecular weight is 355 g/mol. The van der Waals surface area contributed by atoms with Gasteiger partial charge in [0.15, 0.2) is 0 Å². The first kappa shape index (κ1) is 16.0. The lowest BCUT2D eigenvalue weighted by Crippen LogP contribution is -2.44. The number of para-hydroxylation sites is 1. The third-order valence-corrected chi connectivity index (χ3v) is 4.53. The minimum atomic E-state index is -1.08. The Morgan fingerprint density at radius 3 is 2.57 bits per heavy atom. The number of halogens is 1.